The molecule has 2 fully saturated rings. The van der Waals surface area contributed by atoms with E-state index in [1.54, 1.807) is 28.0 Å². The third kappa shape index (κ3) is 5.32. The van der Waals surface area contributed by atoms with Crippen molar-refractivity contribution >= 4 is 17.6 Å². The topological polar surface area (TPSA) is 136 Å². The van der Waals surface area contributed by atoms with E-state index in [0.717, 1.165) is 48.2 Å². The number of rotatable bonds is 6. The molecular formula is C29H33N9O2. The van der Waals surface area contributed by atoms with Gasteiger partial charge in [-0.15, -0.1) is 0 Å². The second-order valence-corrected chi connectivity index (χ2v) is 10.5. The normalized spacial score (nSPS) is 17.7. The maximum Gasteiger partial charge on any atom is 0.255 e. The number of likely N-dealkylation sites (tertiary alicyclic amines) is 1. The molecule has 206 valence electrons. The van der Waals surface area contributed by atoms with Gasteiger partial charge in [0.05, 0.1) is 24.0 Å². The molecular weight excluding hydrogens is 506 g/mol. The van der Waals surface area contributed by atoms with E-state index in [2.05, 4.69) is 32.0 Å². The highest BCUT2D eigenvalue weighted by molar-refractivity contribution is 6.00. The largest absolute Gasteiger partial charge is 0.383 e. The summed E-state index contributed by atoms with van der Waals surface area (Å²) in [5, 5.41) is 15.2. The van der Waals surface area contributed by atoms with E-state index in [0.29, 0.717) is 36.7 Å². The Labute approximate surface area is 232 Å². The van der Waals surface area contributed by atoms with Gasteiger partial charge in [0.15, 0.2) is 0 Å². The Kier molecular flexibility index (Phi) is 7.04. The fraction of sp³-hybridized carbons (Fsp3) is 0.345. The molecule has 1 aromatic carbocycles. The minimum absolute atomic E-state index is 0.0518. The summed E-state index contributed by atoms with van der Waals surface area (Å²) >= 11 is 0. The third-order valence-corrected chi connectivity index (χ3v) is 7.74. The van der Waals surface area contributed by atoms with Crippen molar-refractivity contribution in [1.29, 1.82) is 0 Å². The van der Waals surface area contributed by atoms with Crippen molar-refractivity contribution in [3.63, 3.8) is 0 Å². The van der Waals surface area contributed by atoms with E-state index in [9.17, 15) is 9.59 Å². The van der Waals surface area contributed by atoms with Gasteiger partial charge in [-0.25, -0.2) is 4.98 Å². The van der Waals surface area contributed by atoms with Crippen LogP contribution < -0.4 is 16.4 Å². The quantitative estimate of drug-likeness (QED) is 0.343. The first-order valence-electron chi connectivity index (χ1n) is 13.6. The van der Waals surface area contributed by atoms with Gasteiger partial charge in [0.2, 0.25) is 0 Å². The summed E-state index contributed by atoms with van der Waals surface area (Å²) in [4.78, 5) is 32.5. The molecule has 0 saturated carbocycles. The summed E-state index contributed by atoms with van der Waals surface area (Å²) in [7, 11) is 1.83. The molecule has 1 atom stereocenters. The molecule has 4 N–H and O–H groups in total. The summed E-state index contributed by atoms with van der Waals surface area (Å²) in [6.07, 6.45) is 11.9. The smallest absolute Gasteiger partial charge is 0.255 e. The fourth-order valence-electron chi connectivity index (χ4n) is 5.48. The van der Waals surface area contributed by atoms with Gasteiger partial charge in [-0.05, 0) is 56.1 Å². The summed E-state index contributed by atoms with van der Waals surface area (Å²) in [6.45, 7) is 3.00. The second-order valence-electron chi connectivity index (χ2n) is 10.5. The molecule has 5 heterocycles. The number of hydrogen-bond acceptors (Lipinski definition) is 7. The summed E-state index contributed by atoms with van der Waals surface area (Å²) in [6, 6.07) is 9.63. The highest BCUT2D eigenvalue weighted by Crippen LogP contribution is 2.26. The number of nitrogen functional groups attached to an aromatic ring is 1. The van der Waals surface area contributed by atoms with Crippen molar-refractivity contribution in [2.75, 3.05) is 31.9 Å². The Morgan fingerprint density at radius 3 is 2.58 bits per heavy atom. The maximum absolute atomic E-state index is 13.4. The van der Waals surface area contributed by atoms with Crippen LogP contribution in [0.1, 0.15) is 46.0 Å². The number of piperidine rings is 1. The van der Waals surface area contributed by atoms with E-state index in [4.69, 9.17) is 5.73 Å². The van der Waals surface area contributed by atoms with Crippen LogP contribution in [0, 0.1) is 0 Å². The zero-order valence-corrected chi connectivity index (χ0v) is 22.5. The van der Waals surface area contributed by atoms with E-state index in [1.807, 2.05) is 48.4 Å². The molecule has 40 heavy (non-hydrogen) atoms. The highest BCUT2D eigenvalue weighted by atomic mass is 16.2. The molecule has 2 aliphatic heterocycles. The molecule has 6 rings (SSSR count). The molecule has 2 saturated heterocycles. The van der Waals surface area contributed by atoms with Crippen molar-refractivity contribution in [3.05, 3.63) is 72.4 Å². The van der Waals surface area contributed by atoms with Crippen molar-refractivity contribution in [1.82, 2.24) is 40.1 Å². The number of amides is 2. The van der Waals surface area contributed by atoms with Crippen LogP contribution in [0.3, 0.4) is 0 Å². The van der Waals surface area contributed by atoms with E-state index in [-0.39, 0.29) is 23.7 Å². The number of carbonyl (C=O) groups is 2. The van der Waals surface area contributed by atoms with Gasteiger partial charge in [-0.1, -0.05) is 12.1 Å². The van der Waals surface area contributed by atoms with Gasteiger partial charge in [-0.2, -0.15) is 10.2 Å². The SMILES string of the molecule is Cn1cc(-c2cnc(N)c(C(=O)N[C@@H]3CCN(C(=O)c4cccc(-c5cnn(C6CCNCC6)c5)c4)C3)c2)cn1. The van der Waals surface area contributed by atoms with Gasteiger partial charge in [0.1, 0.15) is 5.82 Å². The van der Waals surface area contributed by atoms with Crippen LogP contribution in [0.25, 0.3) is 22.3 Å². The Morgan fingerprint density at radius 1 is 0.975 bits per heavy atom. The Bertz CT molecular complexity index is 1540. The minimum atomic E-state index is -0.303. The summed E-state index contributed by atoms with van der Waals surface area (Å²) in [5.41, 5.74) is 10.5. The molecule has 0 spiro atoms. The Balaban J connectivity index is 1.10. The van der Waals surface area contributed by atoms with Crippen molar-refractivity contribution in [2.45, 2.75) is 31.3 Å². The van der Waals surface area contributed by atoms with Gasteiger partial charge < -0.3 is 21.3 Å². The van der Waals surface area contributed by atoms with Gasteiger partial charge in [-0.3, -0.25) is 19.0 Å². The number of nitrogens with one attached hydrogen (secondary N) is 2. The van der Waals surface area contributed by atoms with Gasteiger partial charge in [0.25, 0.3) is 11.8 Å². The summed E-state index contributed by atoms with van der Waals surface area (Å²) < 4.78 is 3.74. The predicted octanol–water partition coefficient (Wildman–Crippen LogP) is 2.50. The minimum Gasteiger partial charge on any atom is -0.383 e. The molecule has 0 bridgehead atoms. The number of anilines is 1. The van der Waals surface area contributed by atoms with Crippen LogP contribution in [0.4, 0.5) is 5.82 Å². The molecule has 11 nitrogen and oxygen atoms in total. The van der Waals surface area contributed by atoms with E-state index in [1.165, 1.54) is 0 Å². The second kappa shape index (κ2) is 10.9. The lowest BCUT2D eigenvalue weighted by atomic mass is 10.0. The average Bonchev–Trinajstić information content (AvgIpc) is 3.75. The lowest BCUT2D eigenvalue weighted by Crippen LogP contribution is -2.38. The van der Waals surface area contributed by atoms with Crippen molar-refractivity contribution in [2.24, 2.45) is 7.05 Å². The number of nitrogens with two attached hydrogens (primary N) is 1. The number of nitrogens with zero attached hydrogens (tertiary/aromatic N) is 6. The number of hydrogen-bond donors (Lipinski definition) is 3. The van der Waals surface area contributed by atoms with Crippen LogP contribution in [-0.4, -0.2) is 73.5 Å². The first kappa shape index (κ1) is 25.8. The molecule has 4 aromatic rings. The number of carbonyl (C=O) groups excluding carboxylic acids is 2. The lowest BCUT2D eigenvalue weighted by molar-refractivity contribution is 0.0783. The third-order valence-electron chi connectivity index (χ3n) is 7.74. The molecule has 0 radical (unpaired) electrons. The van der Waals surface area contributed by atoms with Crippen LogP contribution in [0.2, 0.25) is 0 Å². The van der Waals surface area contributed by atoms with Crippen LogP contribution >= 0.6 is 0 Å². The highest BCUT2D eigenvalue weighted by Gasteiger charge is 2.29. The molecule has 3 aromatic heterocycles. The maximum atomic E-state index is 13.4. The van der Waals surface area contributed by atoms with Crippen LogP contribution in [0.15, 0.2) is 61.3 Å². The Morgan fingerprint density at radius 2 is 1.77 bits per heavy atom. The van der Waals surface area contributed by atoms with Crippen molar-refractivity contribution in [3.8, 4) is 22.3 Å². The molecule has 2 amide bonds. The van der Waals surface area contributed by atoms with Gasteiger partial charge in [0, 0.05) is 67.0 Å². The number of aromatic nitrogens is 5. The average molecular weight is 540 g/mol. The first-order valence-corrected chi connectivity index (χ1v) is 13.6. The predicted molar refractivity (Wildman–Crippen MR) is 151 cm³/mol. The Hall–Kier alpha value is -4.51. The number of aryl methyl sites for hydroxylation is 1. The first-order chi connectivity index (χ1) is 19.4. The zero-order valence-electron chi connectivity index (χ0n) is 22.5. The van der Waals surface area contributed by atoms with Gasteiger partial charge >= 0.3 is 0 Å². The number of pyridine rings is 1. The molecule has 0 aliphatic carbocycles. The van der Waals surface area contributed by atoms with E-state index >= 15 is 0 Å². The van der Waals surface area contributed by atoms with Crippen LogP contribution in [0.5, 0.6) is 0 Å². The van der Waals surface area contributed by atoms with Crippen molar-refractivity contribution < 1.29 is 9.59 Å². The fourth-order valence-corrected chi connectivity index (χ4v) is 5.48. The van der Waals surface area contributed by atoms with Crippen LogP contribution in [-0.2, 0) is 7.05 Å². The molecule has 11 heteroatoms. The molecule has 2 aliphatic rings. The summed E-state index contributed by atoms with van der Waals surface area (Å²) in [5.74, 6) is -0.191. The lowest BCUT2D eigenvalue weighted by Gasteiger charge is -2.22. The monoisotopic (exact) mass is 539 g/mol. The number of benzene rings is 1. The zero-order chi connectivity index (χ0) is 27.6. The standard InChI is InChI=1S/C29H33N9O2/c1-36-16-22(14-33-36)21-12-26(27(30)32-13-21)28(39)35-24-7-10-37(18-24)29(40)20-4-2-3-19(11-20)23-15-34-38(17-23)25-5-8-31-9-6-25/h2-4,11-17,24-25,31H,5-10,18H2,1H3,(H2,30,32)(H,35,39)/t24-/m1/s1. The van der Waals surface area contributed by atoms with E-state index < -0.39 is 0 Å². The molecule has 0 unspecified atom stereocenters.